The molecule has 6 nitrogen and oxygen atoms in total. The third-order valence-corrected chi connectivity index (χ3v) is 1.98. The predicted octanol–water partition coefficient (Wildman–Crippen LogP) is 0.146. The second-order valence-corrected chi connectivity index (χ2v) is 3.06. The van der Waals surface area contributed by atoms with Crippen molar-refractivity contribution in [1.82, 2.24) is 5.43 Å². The van der Waals surface area contributed by atoms with Gasteiger partial charge in [0.05, 0.1) is 20.4 Å². The molecule has 6 heteroatoms. The maximum Gasteiger partial charge on any atom is 0.265 e. The van der Waals surface area contributed by atoms with Crippen LogP contribution >= 0.6 is 0 Å². The fraction of sp³-hybridized carbons (Fsp3) is 0.273. The minimum Gasteiger partial charge on any atom is -0.497 e. The number of amides is 1. The Bertz CT molecular complexity index is 418. The lowest BCUT2D eigenvalue weighted by molar-refractivity contribution is -0.123. The molecule has 0 fully saturated rings. The van der Waals surface area contributed by atoms with Crippen molar-refractivity contribution in [1.29, 1.82) is 0 Å². The molecule has 0 spiro atoms. The van der Waals surface area contributed by atoms with Gasteiger partial charge in [0.15, 0.2) is 0 Å². The number of hydrogen-bond donors (Lipinski definition) is 2. The molecular weight excluding hydrogens is 224 g/mol. The first-order chi connectivity index (χ1) is 8.21. The van der Waals surface area contributed by atoms with Gasteiger partial charge in [0.25, 0.3) is 5.91 Å². The van der Waals surface area contributed by atoms with E-state index in [1.165, 1.54) is 13.3 Å². The molecule has 0 bridgehead atoms. The Balaban J connectivity index is 2.79. The predicted molar refractivity (Wildman–Crippen MR) is 62.4 cm³/mol. The fourth-order valence-corrected chi connectivity index (χ4v) is 1.13. The molecule has 0 aliphatic heterocycles. The summed E-state index contributed by atoms with van der Waals surface area (Å²) >= 11 is 0. The van der Waals surface area contributed by atoms with Crippen LogP contribution in [0, 0.1) is 0 Å². The first kappa shape index (κ1) is 13.0. The number of nitrogens with one attached hydrogen (secondary N) is 1. The number of carbonyl (C=O) groups is 1. The quantitative estimate of drug-likeness (QED) is 0.565. The third-order valence-electron chi connectivity index (χ3n) is 1.98. The molecule has 2 N–H and O–H groups in total. The second-order valence-electron chi connectivity index (χ2n) is 3.06. The number of hydrogen-bond acceptors (Lipinski definition) is 5. The minimum atomic E-state index is -0.600. The van der Waals surface area contributed by atoms with Crippen LogP contribution in [-0.2, 0) is 4.79 Å². The first-order valence-corrected chi connectivity index (χ1v) is 4.86. The van der Waals surface area contributed by atoms with Crippen LogP contribution in [0.25, 0.3) is 0 Å². The Morgan fingerprint density at radius 3 is 2.82 bits per heavy atom. The summed E-state index contributed by atoms with van der Waals surface area (Å²) in [5.74, 6) is 0.665. The zero-order valence-corrected chi connectivity index (χ0v) is 9.64. The number of hydrazone groups is 1. The summed E-state index contributed by atoms with van der Waals surface area (Å²) in [5, 5.41) is 12.1. The van der Waals surface area contributed by atoms with Crippen LogP contribution in [0.1, 0.15) is 5.56 Å². The van der Waals surface area contributed by atoms with E-state index in [0.29, 0.717) is 17.1 Å². The first-order valence-electron chi connectivity index (χ1n) is 4.86. The van der Waals surface area contributed by atoms with E-state index < -0.39 is 12.5 Å². The molecule has 1 aromatic carbocycles. The van der Waals surface area contributed by atoms with Crippen LogP contribution < -0.4 is 14.9 Å². The van der Waals surface area contributed by atoms with E-state index in [2.05, 4.69) is 10.5 Å². The summed E-state index contributed by atoms with van der Waals surface area (Å²) in [4.78, 5) is 10.7. The lowest BCUT2D eigenvalue weighted by Crippen LogP contribution is -2.20. The second kappa shape index (κ2) is 6.49. The number of aliphatic hydroxyl groups is 1. The van der Waals surface area contributed by atoms with E-state index in [1.807, 2.05) is 0 Å². The summed E-state index contributed by atoms with van der Waals surface area (Å²) in [5.41, 5.74) is 2.84. The molecule has 0 unspecified atom stereocenters. The molecular formula is C11H14N2O4. The van der Waals surface area contributed by atoms with Crippen LogP contribution in [0.4, 0.5) is 0 Å². The van der Waals surface area contributed by atoms with Crippen LogP contribution in [0.5, 0.6) is 11.5 Å². The van der Waals surface area contributed by atoms with Gasteiger partial charge < -0.3 is 14.6 Å². The molecule has 0 saturated carbocycles. The molecule has 17 heavy (non-hydrogen) atoms. The highest BCUT2D eigenvalue weighted by atomic mass is 16.5. The number of carbonyl (C=O) groups excluding carboxylic acids is 1. The largest absolute Gasteiger partial charge is 0.497 e. The number of methoxy groups -OCH3 is 2. The fourth-order valence-electron chi connectivity index (χ4n) is 1.13. The molecule has 0 aromatic heterocycles. The number of ether oxygens (including phenoxy) is 2. The summed E-state index contributed by atoms with van der Waals surface area (Å²) < 4.78 is 10.2. The van der Waals surface area contributed by atoms with Gasteiger partial charge in [-0.3, -0.25) is 4.79 Å². The maximum atomic E-state index is 10.7. The Morgan fingerprint density at radius 1 is 1.47 bits per heavy atom. The molecule has 0 aliphatic rings. The molecule has 0 saturated heterocycles. The van der Waals surface area contributed by atoms with Gasteiger partial charge in [-0.15, -0.1) is 0 Å². The Morgan fingerprint density at radius 2 is 2.24 bits per heavy atom. The lowest BCUT2D eigenvalue weighted by Gasteiger charge is -2.06. The van der Waals surface area contributed by atoms with Gasteiger partial charge in [0, 0.05) is 11.6 Å². The van der Waals surface area contributed by atoms with Crippen molar-refractivity contribution < 1.29 is 19.4 Å². The van der Waals surface area contributed by atoms with E-state index in [1.54, 1.807) is 25.3 Å². The molecule has 0 heterocycles. The average Bonchev–Trinajstić information content (AvgIpc) is 2.38. The summed E-state index contributed by atoms with van der Waals surface area (Å²) in [6.07, 6.45) is 1.42. The van der Waals surface area contributed by atoms with Gasteiger partial charge in [-0.05, 0) is 12.1 Å². The van der Waals surface area contributed by atoms with Crippen LogP contribution in [0.15, 0.2) is 23.3 Å². The highest BCUT2D eigenvalue weighted by Crippen LogP contribution is 2.22. The highest BCUT2D eigenvalue weighted by Gasteiger charge is 2.02. The normalized spacial score (nSPS) is 10.3. The number of benzene rings is 1. The van der Waals surface area contributed by atoms with Crippen molar-refractivity contribution in [3.05, 3.63) is 23.8 Å². The van der Waals surface area contributed by atoms with E-state index in [0.717, 1.165) is 0 Å². The zero-order chi connectivity index (χ0) is 12.7. The van der Waals surface area contributed by atoms with Crippen LogP contribution in [0.2, 0.25) is 0 Å². The number of aliphatic hydroxyl groups excluding tert-OH is 1. The topological polar surface area (TPSA) is 80.2 Å². The van der Waals surface area contributed by atoms with Gasteiger partial charge in [-0.2, -0.15) is 5.10 Å². The van der Waals surface area contributed by atoms with Gasteiger partial charge in [0.2, 0.25) is 0 Å². The van der Waals surface area contributed by atoms with Crippen LogP contribution in [0.3, 0.4) is 0 Å². The van der Waals surface area contributed by atoms with Crippen molar-refractivity contribution in [3.8, 4) is 11.5 Å². The molecule has 0 aliphatic carbocycles. The Kier molecular flexibility index (Phi) is 4.96. The smallest absolute Gasteiger partial charge is 0.265 e. The van der Waals surface area contributed by atoms with E-state index in [-0.39, 0.29) is 0 Å². The molecule has 0 radical (unpaired) electrons. The highest BCUT2D eigenvalue weighted by molar-refractivity contribution is 5.85. The van der Waals surface area contributed by atoms with Gasteiger partial charge in [0.1, 0.15) is 18.1 Å². The molecule has 1 rings (SSSR count). The van der Waals surface area contributed by atoms with Crippen molar-refractivity contribution >= 4 is 12.1 Å². The van der Waals surface area contributed by atoms with Crippen molar-refractivity contribution in [2.75, 3.05) is 20.8 Å². The van der Waals surface area contributed by atoms with Gasteiger partial charge in [-0.25, -0.2) is 5.43 Å². The molecule has 1 amide bonds. The molecule has 0 atom stereocenters. The van der Waals surface area contributed by atoms with Gasteiger partial charge >= 0.3 is 0 Å². The molecule has 92 valence electrons. The van der Waals surface area contributed by atoms with Crippen molar-refractivity contribution in [3.63, 3.8) is 0 Å². The minimum absolute atomic E-state index is 0.575. The average molecular weight is 238 g/mol. The molecule has 1 aromatic rings. The number of nitrogens with zero attached hydrogens (tertiary/aromatic N) is 1. The van der Waals surface area contributed by atoms with E-state index in [9.17, 15) is 4.79 Å². The lowest BCUT2D eigenvalue weighted by atomic mass is 10.2. The number of rotatable bonds is 5. The Hall–Kier alpha value is -2.08. The van der Waals surface area contributed by atoms with Crippen molar-refractivity contribution in [2.45, 2.75) is 0 Å². The monoisotopic (exact) mass is 238 g/mol. The third kappa shape index (κ3) is 3.76. The summed E-state index contributed by atoms with van der Waals surface area (Å²) in [6, 6.07) is 5.19. The van der Waals surface area contributed by atoms with Gasteiger partial charge in [-0.1, -0.05) is 0 Å². The summed E-state index contributed by atoms with van der Waals surface area (Å²) in [6.45, 7) is -0.600. The standard InChI is InChI=1S/C11H14N2O4/c1-16-9-4-3-8(10(5-9)17-2)6-12-13-11(15)7-14/h3-6,14H,7H2,1-2H3,(H,13,15)/b12-6+. The maximum absolute atomic E-state index is 10.7. The van der Waals surface area contributed by atoms with E-state index >= 15 is 0 Å². The SMILES string of the molecule is COc1ccc(/C=N/NC(=O)CO)c(OC)c1. The zero-order valence-electron chi connectivity index (χ0n) is 9.64. The summed E-state index contributed by atoms with van der Waals surface area (Å²) in [7, 11) is 3.09. The van der Waals surface area contributed by atoms with Crippen LogP contribution in [-0.4, -0.2) is 38.1 Å². The Labute approximate surface area is 98.9 Å². The van der Waals surface area contributed by atoms with E-state index in [4.69, 9.17) is 14.6 Å². The van der Waals surface area contributed by atoms with Crippen molar-refractivity contribution in [2.24, 2.45) is 5.10 Å².